The van der Waals surface area contributed by atoms with Gasteiger partial charge in [0.1, 0.15) is 104 Å². The number of carboxylic acid groups (broad SMARTS) is 1. The number of carbonyl (C=O) groups is 5. The summed E-state index contributed by atoms with van der Waals surface area (Å²) >= 11 is 0. The predicted octanol–water partition coefficient (Wildman–Crippen LogP) is 2.97. The fraction of sp³-hybridized carbons (Fsp3) is 0.828. The number of fused-ring (bicyclic) bond motifs is 4. The predicted molar refractivity (Wildman–Crippen MR) is 316 cm³/mol. The number of hydrogen-bond donors (Lipinski definition) is 5. The third-order valence-electron chi connectivity index (χ3n) is 18.9. The van der Waals surface area contributed by atoms with Gasteiger partial charge in [0.25, 0.3) is 0 Å². The molecule has 0 spiro atoms. The summed E-state index contributed by atoms with van der Waals surface area (Å²) in [6, 6.07) is 8.97. The molecule has 0 aromatic heterocycles. The van der Waals surface area contributed by atoms with Crippen LogP contribution in [0.4, 0.5) is 4.79 Å². The zero-order valence-corrected chi connectivity index (χ0v) is 56.5. The van der Waals surface area contributed by atoms with E-state index < -0.39 is 222 Å². The Morgan fingerprint density at radius 2 is 0.632 bits per heavy atom. The first kappa shape index (κ1) is 69.1. The van der Waals surface area contributed by atoms with E-state index in [0.29, 0.717) is 5.56 Å². The molecule has 0 radical (unpaired) electrons. The summed E-state index contributed by atoms with van der Waals surface area (Å²) in [6.07, 6.45) is -21.0. The molecule has 12 fully saturated rings. The molecule has 4 amide bonds. The number of nitrogens with one attached hydrogen (secondary N) is 4. The normalized spacial score (nSPS) is 43.7. The van der Waals surface area contributed by atoms with Crippen molar-refractivity contribution >= 4 is 29.8 Å². The van der Waals surface area contributed by atoms with Gasteiger partial charge in [0.2, 0.25) is 17.7 Å². The van der Waals surface area contributed by atoms with E-state index in [1.54, 1.807) is 135 Å². The van der Waals surface area contributed by atoms with Crippen LogP contribution < -0.4 is 21.3 Å². The molecule has 13 rings (SSSR count). The maximum absolute atomic E-state index is 16.1. The van der Waals surface area contributed by atoms with Gasteiger partial charge in [0.05, 0.1) is 52.1 Å². The fourth-order valence-electron chi connectivity index (χ4n) is 15.6. The van der Waals surface area contributed by atoms with Crippen LogP contribution in [0.5, 0.6) is 0 Å². The molecule has 1 aromatic carbocycles. The van der Waals surface area contributed by atoms with E-state index in [-0.39, 0.29) is 33.0 Å². The molecular formula is C64H92N4O27. The van der Waals surface area contributed by atoms with Crippen LogP contribution in [0.2, 0.25) is 0 Å². The third kappa shape index (κ3) is 13.6. The van der Waals surface area contributed by atoms with Crippen molar-refractivity contribution in [2.24, 2.45) is 0 Å². The Kier molecular flexibility index (Phi) is 17.2. The first-order valence-corrected chi connectivity index (χ1v) is 32.6. The standard InChI is InChI=1S/C64H92N4O27/c1-53(2)76-27-32(80-53)40-44-48(92-57(9,10)84-44)61(88-40,66-38(71)24-63(68-52(74)75-26-31-20-18-17-19-21-31)50-46(86-59(13,14)94-50)42(90-63)34-29-78-55(5,6)82-34)22-36(69)65-62(49-45(85-58(11,12)93-49)41(89-62)33-28-77-54(3,4)81-33)23-37(70)67-64(25-39(72)73)51-47(87-60(15,16)95-51)43(91-64)35-30-79-56(7,8)83-35/h17-21,32-35,40-51H,22-30H2,1-16H3,(H,65,69)(H,66,71)(H,67,70)(H,68,74)(H,72,73)/t32-,33-,34-,35-,40-,41-,42-,43-,44+,45+,46+,47+,48+,49+,50+,51+,61+,62+,63+,64+/m1/s1. The Morgan fingerprint density at radius 1 is 0.358 bits per heavy atom. The van der Waals surface area contributed by atoms with Gasteiger partial charge in [-0.05, 0) is 116 Å². The molecule has 31 heteroatoms. The SMILES string of the molecule is CC1(C)OC[C@H]([C@H]2O[C@](CC(=O)O)(NC(=O)C[C@]3(NC(=O)C[C@]4(NC(=O)C[C@]5(NC(=O)OCc6ccccc6)O[C@H]([C@H]6COC(C)(C)O6)[C@@H]6OC(C)(C)O[C@@H]65)O[C@H]([C@H]5COC(C)(C)O5)[C@@H]5OC(C)(C)O[C@@H]54)O[C@H]([C@H]4COC(C)(C)O4)[C@@H]4OC(C)(C)O[C@@H]43)[C@H]3OC(C)(C)O[C@@H]23)O1. The van der Waals surface area contributed by atoms with E-state index in [9.17, 15) is 14.7 Å². The second-order valence-electron chi connectivity index (χ2n) is 30.4. The molecule has 1 aromatic rings. The number of rotatable bonds is 18. The zero-order chi connectivity index (χ0) is 68.3. The van der Waals surface area contributed by atoms with Gasteiger partial charge in [0.15, 0.2) is 69.2 Å². The number of ether oxygens (including phenoxy) is 21. The van der Waals surface area contributed by atoms with Crippen molar-refractivity contribution in [3.63, 3.8) is 0 Å². The van der Waals surface area contributed by atoms with Crippen LogP contribution in [0.15, 0.2) is 30.3 Å². The summed E-state index contributed by atoms with van der Waals surface area (Å²) in [5, 5.41) is 22.5. The number of carboxylic acids is 1. The lowest BCUT2D eigenvalue weighted by molar-refractivity contribution is -0.242. The first-order chi connectivity index (χ1) is 44.1. The van der Waals surface area contributed by atoms with Gasteiger partial charge < -0.3 is 121 Å². The van der Waals surface area contributed by atoms with Crippen molar-refractivity contribution in [1.29, 1.82) is 0 Å². The molecule has 530 valence electrons. The van der Waals surface area contributed by atoms with E-state index in [1.165, 1.54) is 0 Å². The Labute approximate surface area is 550 Å². The molecule has 0 unspecified atom stereocenters. The average molecular weight is 1350 g/mol. The van der Waals surface area contributed by atoms with Gasteiger partial charge in [0, 0.05) is 0 Å². The van der Waals surface area contributed by atoms with E-state index >= 15 is 14.4 Å². The largest absolute Gasteiger partial charge is 0.481 e. The van der Waals surface area contributed by atoms with Gasteiger partial charge in [-0.15, -0.1) is 0 Å². The highest BCUT2D eigenvalue weighted by molar-refractivity contribution is 5.84. The molecule has 0 aliphatic carbocycles. The summed E-state index contributed by atoms with van der Waals surface area (Å²) in [6.45, 7) is 27.0. The molecule has 12 aliphatic heterocycles. The minimum Gasteiger partial charge on any atom is -0.481 e. The van der Waals surface area contributed by atoms with Gasteiger partial charge in [-0.1, -0.05) is 30.3 Å². The van der Waals surface area contributed by atoms with Crippen molar-refractivity contribution < 1.29 is 129 Å². The second kappa shape index (κ2) is 23.6. The molecule has 0 saturated carbocycles. The summed E-state index contributed by atoms with van der Waals surface area (Å²) in [4.78, 5) is 75.1. The molecular weight excluding hydrogens is 1260 g/mol. The summed E-state index contributed by atoms with van der Waals surface area (Å²) in [5.74, 6) is -13.7. The fourth-order valence-corrected chi connectivity index (χ4v) is 15.6. The zero-order valence-electron chi connectivity index (χ0n) is 56.5. The number of amides is 4. The Hall–Kier alpha value is -4.43. The van der Waals surface area contributed by atoms with E-state index in [1.807, 2.05) is 6.07 Å². The highest BCUT2D eigenvalue weighted by atomic mass is 16.8. The minimum absolute atomic E-state index is 0.00879. The van der Waals surface area contributed by atoms with Crippen molar-refractivity contribution in [1.82, 2.24) is 21.3 Å². The third-order valence-corrected chi connectivity index (χ3v) is 18.9. The Balaban J connectivity index is 0.865. The minimum atomic E-state index is -2.26. The lowest BCUT2D eigenvalue weighted by atomic mass is 9.93. The monoisotopic (exact) mass is 1350 g/mol. The van der Waals surface area contributed by atoms with E-state index in [4.69, 9.17) is 99.5 Å². The molecule has 0 bridgehead atoms. The number of benzene rings is 1. The van der Waals surface area contributed by atoms with Crippen LogP contribution in [0.3, 0.4) is 0 Å². The lowest BCUT2D eigenvalue weighted by Gasteiger charge is -2.40. The summed E-state index contributed by atoms with van der Waals surface area (Å²) < 4.78 is 136. The van der Waals surface area contributed by atoms with Gasteiger partial charge in [-0.2, -0.15) is 0 Å². The molecule has 5 N–H and O–H groups in total. The van der Waals surface area contributed by atoms with Crippen molar-refractivity contribution in [2.45, 2.75) is 310 Å². The van der Waals surface area contributed by atoms with Gasteiger partial charge in [-0.3, -0.25) is 24.5 Å². The van der Waals surface area contributed by atoms with E-state index in [2.05, 4.69) is 21.3 Å². The molecule has 20 atom stereocenters. The molecule has 31 nitrogen and oxygen atoms in total. The van der Waals surface area contributed by atoms with Crippen LogP contribution >= 0.6 is 0 Å². The molecule has 95 heavy (non-hydrogen) atoms. The van der Waals surface area contributed by atoms with Crippen LogP contribution in [0.1, 0.15) is 142 Å². The second-order valence-corrected chi connectivity index (χ2v) is 30.4. The smallest absolute Gasteiger partial charge is 0.409 e. The van der Waals surface area contributed by atoms with Gasteiger partial charge in [-0.25, -0.2) is 4.79 Å². The Morgan fingerprint density at radius 3 is 0.895 bits per heavy atom. The molecule has 12 heterocycles. The maximum atomic E-state index is 16.1. The average Bonchev–Trinajstić information content (AvgIpc) is 1.58. The van der Waals surface area contributed by atoms with Crippen LogP contribution in [-0.4, -0.2) is 228 Å². The number of carbonyl (C=O) groups excluding carboxylic acids is 4. The quantitative estimate of drug-likeness (QED) is 0.141. The molecule has 12 saturated heterocycles. The number of alkyl carbamates (subject to hydrolysis) is 1. The van der Waals surface area contributed by atoms with Crippen LogP contribution in [0.25, 0.3) is 0 Å². The van der Waals surface area contributed by atoms with Gasteiger partial charge >= 0.3 is 12.1 Å². The summed E-state index contributed by atoms with van der Waals surface area (Å²) in [5.41, 5.74) is -8.09. The van der Waals surface area contributed by atoms with Crippen molar-refractivity contribution in [3.8, 4) is 0 Å². The van der Waals surface area contributed by atoms with Crippen molar-refractivity contribution in [3.05, 3.63) is 35.9 Å². The van der Waals surface area contributed by atoms with E-state index in [0.717, 1.165) is 0 Å². The van der Waals surface area contributed by atoms with Crippen LogP contribution in [0, 0.1) is 0 Å². The lowest BCUT2D eigenvalue weighted by Crippen LogP contribution is -2.65. The van der Waals surface area contributed by atoms with Crippen molar-refractivity contribution in [2.75, 3.05) is 26.4 Å². The van der Waals surface area contributed by atoms with Crippen LogP contribution in [-0.2, 0) is 125 Å². The number of aliphatic carboxylic acids is 1. The highest BCUT2D eigenvalue weighted by Crippen LogP contribution is 2.53. The number of hydrogen-bond acceptors (Lipinski definition) is 26. The summed E-state index contributed by atoms with van der Waals surface area (Å²) in [7, 11) is 0. The first-order valence-electron chi connectivity index (χ1n) is 32.6. The maximum Gasteiger partial charge on any atom is 0.409 e. The Bertz CT molecular complexity index is 3130. The topological polar surface area (TPSA) is 348 Å². The molecule has 12 aliphatic rings. The highest BCUT2D eigenvalue weighted by Gasteiger charge is 2.73.